The van der Waals surface area contributed by atoms with Gasteiger partial charge in [-0.2, -0.15) is 4.39 Å². The fourth-order valence-corrected chi connectivity index (χ4v) is 4.96. The van der Waals surface area contributed by atoms with Crippen LogP contribution >= 0.6 is 0 Å². The molecular weight excluding hydrogens is 465 g/mol. The Morgan fingerprint density at radius 3 is 2.78 bits per heavy atom. The number of benzene rings is 1. The molecule has 0 aliphatic carbocycles. The van der Waals surface area contributed by atoms with Crippen LogP contribution in [0.15, 0.2) is 35.7 Å². The van der Waals surface area contributed by atoms with Crippen molar-refractivity contribution in [1.29, 1.82) is 0 Å². The monoisotopic (exact) mass is 497 g/mol. The fraction of sp³-hybridized carbons (Fsp3) is 0.542. The van der Waals surface area contributed by atoms with E-state index in [1.54, 1.807) is 0 Å². The predicted molar refractivity (Wildman–Crippen MR) is 134 cm³/mol. The topological polar surface area (TPSA) is 137 Å². The van der Waals surface area contributed by atoms with Gasteiger partial charge in [0.25, 0.3) is 0 Å². The number of azide groups is 1. The molecule has 12 heteroatoms. The Balaban J connectivity index is 1.43. The second kappa shape index (κ2) is 10.5. The van der Waals surface area contributed by atoms with Gasteiger partial charge in [-0.05, 0) is 49.9 Å². The van der Waals surface area contributed by atoms with Crippen LogP contribution in [-0.4, -0.2) is 58.7 Å². The average molecular weight is 498 g/mol. The van der Waals surface area contributed by atoms with Crippen LogP contribution in [0, 0.1) is 5.82 Å². The molecule has 0 saturated carbocycles. The standard InChI is InChI=1S/C24H32FN9O2/c1-16(34(27)17(2)35)18-5-7-19(8-6-18)36-20-9-12-32(13-20)22-21(25)23(29-15-28-22)33-11-4-10-24(33,3)14-30-31-26/h5-8,15-16,20H,4,9-14,27H2,1-3H3/t16-,20+,24?/m0/s1. The Bertz CT molecular complexity index is 1140. The molecule has 1 amide bonds. The zero-order valence-corrected chi connectivity index (χ0v) is 20.8. The Morgan fingerprint density at radius 2 is 2.08 bits per heavy atom. The molecule has 2 aromatic rings. The molecule has 1 unspecified atom stereocenters. The van der Waals surface area contributed by atoms with Crippen LogP contribution in [0.4, 0.5) is 16.0 Å². The molecule has 2 fully saturated rings. The van der Waals surface area contributed by atoms with Gasteiger partial charge in [-0.3, -0.25) is 9.80 Å². The minimum atomic E-state index is -0.482. The molecule has 0 radical (unpaired) electrons. The molecule has 2 aliphatic heterocycles. The summed E-state index contributed by atoms with van der Waals surface area (Å²) in [6, 6.07) is 7.22. The summed E-state index contributed by atoms with van der Waals surface area (Å²) < 4.78 is 21.8. The van der Waals surface area contributed by atoms with Crippen LogP contribution in [0.2, 0.25) is 0 Å². The SMILES string of the molecule is CC(=O)N(N)[C@@H](C)c1ccc(O[C@@H]2CCN(c3ncnc(N4CCCC4(C)CN=[N+]=[N-])c3F)C2)cc1. The summed E-state index contributed by atoms with van der Waals surface area (Å²) in [6.07, 6.45) is 3.63. The molecule has 3 atom stereocenters. The zero-order chi connectivity index (χ0) is 25.9. The Kier molecular flexibility index (Phi) is 7.46. The third kappa shape index (κ3) is 5.14. The molecule has 3 heterocycles. The Labute approximate surface area is 209 Å². The predicted octanol–water partition coefficient (Wildman–Crippen LogP) is 3.73. The third-order valence-electron chi connectivity index (χ3n) is 7.12. The lowest BCUT2D eigenvalue weighted by molar-refractivity contribution is -0.131. The number of aromatic nitrogens is 2. The van der Waals surface area contributed by atoms with Crippen LogP contribution < -0.4 is 20.4 Å². The summed E-state index contributed by atoms with van der Waals surface area (Å²) in [5.74, 6) is 6.32. The Morgan fingerprint density at radius 1 is 1.36 bits per heavy atom. The lowest BCUT2D eigenvalue weighted by Crippen LogP contribution is -2.45. The number of hydrogen-bond donors (Lipinski definition) is 1. The molecular formula is C24H32FN9O2. The van der Waals surface area contributed by atoms with Crippen molar-refractivity contribution < 1.29 is 13.9 Å². The van der Waals surface area contributed by atoms with Crippen LogP contribution in [0.1, 0.15) is 51.6 Å². The summed E-state index contributed by atoms with van der Waals surface area (Å²) in [6.45, 7) is 7.23. The van der Waals surface area contributed by atoms with E-state index in [2.05, 4.69) is 20.0 Å². The number of carbonyl (C=O) groups is 1. The molecule has 2 N–H and O–H groups in total. The highest BCUT2D eigenvalue weighted by atomic mass is 19.1. The van der Waals surface area contributed by atoms with Gasteiger partial charge in [0.15, 0.2) is 11.6 Å². The van der Waals surface area contributed by atoms with E-state index in [9.17, 15) is 4.79 Å². The van der Waals surface area contributed by atoms with Gasteiger partial charge >= 0.3 is 0 Å². The summed E-state index contributed by atoms with van der Waals surface area (Å²) in [4.78, 5) is 26.6. The lowest BCUT2D eigenvalue weighted by Gasteiger charge is -2.35. The van der Waals surface area contributed by atoms with Crippen molar-refractivity contribution in [3.8, 4) is 5.75 Å². The average Bonchev–Trinajstić information content (AvgIpc) is 3.49. The largest absolute Gasteiger partial charge is 0.489 e. The number of nitrogens with zero attached hydrogens (tertiary/aromatic N) is 8. The first-order valence-electron chi connectivity index (χ1n) is 12.1. The van der Waals surface area contributed by atoms with Crippen LogP contribution in [0.5, 0.6) is 5.75 Å². The second-order valence-electron chi connectivity index (χ2n) is 9.62. The molecule has 4 rings (SSSR count). The fourth-order valence-electron chi connectivity index (χ4n) is 4.96. The first-order valence-corrected chi connectivity index (χ1v) is 12.1. The van der Waals surface area contributed by atoms with Crippen molar-refractivity contribution in [1.82, 2.24) is 15.0 Å². The van der Waals surface area contributed by atoms with E-state index in [4.69, 9.17) is 16.1 Å². The third-order valence-corrected chi connectivity index (χ3v) is 7.12. The van der Waals surface area contributed by atoms with Gasteiger partial charge in [0.05, 0.1) is 12.6 Å². The summed E-state index contributed by atoms with van der Waals surface area (Å²) >= 11 is 0. The van der Waals surface area contributed by atoms with Gasteiger partial charge < -0.3 is 14.5 Å². The number of rotatable bonds is 8. The number of ether oxygens (including phenoxy) is 1. The van der Waals surface area contributed by atoms with E-state index in [0.29, 0.717) is 25.4 Å². The summed E-state index contributed by atoms with van der Waals surface area (Å²) in [5, 5.41) is 4.93. The number of anilines is 2. The van der Waals surface area contributed by atoms with E-state index in [1.165, 1.54) is 18.3 Å². The maximum Gasteiger partial charge on any atom is 0.233 e. The number of amides is 1. The van der Waals surface area contributed by atoms with Crippen molar-refractivity contribution in [2.75, 3.05) is 36.0 Å². The maximum absolute atomic E-state index is 15.6. The number of halogens is 1. The number of hydrazine groups is 1. The molecule has 192 valence electrons. The number of hydrogen-bond acceptors (Lipinski definition) is 8. The molecule has 11 nitrogen and oxygen atoms in total. The number of nitrogens with two attached hydrogens (primary N) is 1. The van der Waals surface area contributed by atoms with Gasteiger partial charge in [0, 0.05) is 43.4 Å². The molecule has 2 saturated heterocycles. The van der Waals surface area contributed by atoms with Gasteiger partial charge in [0.2, 0.25) is 11.7 Å². The lowest BCUT2D eigenvalue weighted by atomic mass is 9.99. The highest BCUT2D eigenvalue weighted by molar-refractivity contribution is 5.73. The van der Waals surface area contributed by atoms with E-state index in [-0.39, 0.29) is 36.2 Å². The summed E-state index contributed by atoms with van der Waals surface area (Å²) in [7, 11) is 0. The first kappa shape index (κ1) is 25.5. The Hall–Kier alpha value is -3.63. The minimum absolute atomic E-state index is 0.128. The van der Waals surface area contributed by atoms with Crippen molar-refractivity contribution in [2.45, 2.75) is 57.7 Å². The quantitative estimate of drug-likeness (QED) is 0.146. The number of carbonyl (C=O) groups excluding carboxylic acids is 1. The molecule has 36 heavy (non-hydrogen) atoms. The van der Waals surface area contributed by atoms with Crippen molar-refractivity contribution in [3.05, 3.63) is 52.4 Å². The van der Waals surface area contributed by atoms with E-state index in [1.807, 2.05) is 47.9 Å². The molecule has 0 spiro atoms. The van der Waals surface area contributed by atoms with Crippen LogP contribution in [0.25, 0.3) is 10.4 Å². The van der Waals surface area contributed by atoms with Crippen molar-refractivity contribution >= 4 is 17.5 Å². The molecule has 0 bridgehead atoms. The second-order valence-corrected chi connectivity index (χ2v) is 9.62. The molecule has 1 aromatic heterocycles. The minimum Gasteiger partial charge on any atom is -0.489 e. The van der Waals surface area contributed by atoms with E-state index in [0.717, 1.165) is 24.8 Å². The zero-order valence-electron chi connectivity index (χ0n) is 20.8. The highest BCUT2D eigenvalue weighted by Gasteiger charge is 2.39. The normalized spacial score (nSPS) is 22.3. The first-order chi connectivity index (χ1) is 17.2. The smallest absolute Gasteiger partial charge is 0.233 e. The maximum atomic E-state index is 15.6. The van der Waals surface area contributed by atoms with Gasteiger partial charge in [0.1, 0.15) is 18.2 Å². The van der Waals surface area contributed by atoms with Gasteiger partial charge in [-0.15, -0.1) is 0 Å². The molecule has 2 aliphatic rings. The van der Waals surface area contributed by atoms with Gasteiger partial charge in [-0.25, -0.2) is 15.8 Å². The highest BCUT2D eigenvalue weighted by Crippen LogP contribution is 2.37. The van der Waals surface area contributed by atoms with Crippen LogP contribution in [-0.2, 0) is 4.79 Å². The van der Waals surface area contributed by atoms with Crippen molar-refractivity contribution in [3.63, 3.8) is 0 Å². The van der Waals surface area contributed by atoms with E-state index >= 15 is 4.39 Å². The van der Waals surface area contributed by atoms with Crippen LogP contribution in [0.3, 0.4) is 0 Å². The van der Waals surface area contributed by atoms with E-state index < -0.39 is 11.4 Å². The van der Waals surface area contributed by atoms with Gasteiger partial charge in [-0.1, -0.05) is 17.2 Å². The summed E-state index contributed by atoms with van der Waals surface area (Å²) in [5.41, 5.74) is 9.17. The molecule has 1 aromatic carbocycles. The van der Waals surface area contributed by atoms with Crippen molar-refractivity contribution in [2.24, 2.45) is 11.0 Å².